The summed E-state index contributed by atoms with van der Waals surface area (Å²) in [6.45, 7) is 3.62. The van der Waals surface area contributed by atoms with Gasteiger partial charge in [-0.3, -0.25) is 4.79 Å². The Kier molecular flexibility index (Phi) is 3.30. The molecule has 0 bridgehead atoms. The summed E-state index contributed by atoms with van der Waals surface area (Å²) in [5, 5.41) is 2.80. The first kappa shape index (κ1) is 13.9. The van der Waals surface area contributed by atoms with E-state index in [2.05, 4.69) is 5.32 Å². The highest BCUT2D eigenvalue weighted by Crippen LogP contribution is 2.23. The molecular weight excluding hydrogens is 264 g/mol. The first-order valence-corrected chi connectivity index (χ1v) is 7.92. The zero-order valence-electron chi connectivity index (χ0n) is 11.1. The lowest BCUT2D eigenvalue weighted by Crippen LogP contribution is -2.46. The third kappa shape index (κ3) is 3.07. The Bertz CT molecular complexity index is 625. The number of nitrogens with one attached hydrogen (secondary N) is 1. The van der Waals surface area contributed by atoms with Gasteiger partial charge in [0.1, 0.15) is 0 Å². The molecule has 0 aromatic heterocycles. The molecule has 1 aliphatic rings. The third-order valence-corrected chi connectivity index (χ3v) is 5.36. The molecule has 0 radical (unpaired) electrons. The lowest BCUT2D eigenvalue weighted by atomic mass is 10.0. The predicted octanol–water partition coefficient (Wildman–Crippen LogP) is 0.884. The molecule has 0 aliphatic carbocycles. The van der Waals surface area contributed by atoms with E-state index in [0.29, 0.717) is 17.7 Å². The van der Waals surface area contributed by atoms with Crippen molar-refractivity contribution in [3.63, 3.8) is 0 Å². The van der Waals surface area contributed by atoms with Crippen LogP contribution < -0.4 is 11.1 Å². The van der Waals surface area contributed by atoms with Crippen molar-refractivity contribution in [2.24, 2.45) is 0 Å². The fraction of sp³-hybridized carbons (Fsp3) is 0.462. The molecule has 0 spiro atoms. The second kappa shape index (κ2) is 4.52. The second-order valence-corrected chi connectivity index (χ2v) is 7.61. The minimum Gasteiger partial charge on any atom is -0.398 e. The number of amides is 1. The van der Waals surface area contributed by atoms with Gasteiger partial charge >= 0.3 is 0 Å². The second-order valence-electron chi connectivity index (χ2n) is 5.43. The van der Waals surface area contributed by atoms with Crippen molar-refractivity contribution in [3.8, 4) is 0 Å². The summed E-state index contributed by atoms with van der Waals surface area (Å²) < 4.78 is 23.0. The Morgan fingerprint density at radius 3 is 2.63 bits per heavy atom. The Hall–Kier alpha value is -1.56. The Morgan fingerprint density at radius 1 is 1.42 bits per heavy atom. The van der Waals surface area contributed by atoms with Gasteiger partial charge in [-0.2, -0.15) is 0 Å². The van der Waals surface area contributed by atoms with Gasteiger partial charge in [-0.05, 0) is 38.0 Å². The number of nitrogens with two attached hydrogens (primary N) is 1. The van der Waals surface area contributed by atoms with E-state index in [-0.39, 0.29) is 17.4 Å². The van der Waals surface area contributed by atoms with Crippen LogP contribution >= 0.6 is 0 Å². The van der Waals surface area contributed by atoms with Crippen LogP contribution in [0.3, 0.4) is 0 Å². The van der Waals surface area contributed by atoms with E-state index in [1.807, 2.05) is 6.92 Å². The van der Waals surface area contributed by atoms with Gasteiger partial charge in [-0.1, -0.05) is 6.07 Å². The maximum absolute atomic E-state index is 12.1. The van der Waals surface area contributed by atoms with Crippen molar-refractivity contribution < 1.29 is 13.2 Å². The lowest BCUT2D eigenvalue weighted by molar-refractivity contribution is 0.0915. The van der Waals surface area contributed by atoms with Gasteiger partial charge in [0.2, 0.25) is 0 Å². The highest BCUT2D eigenvalue weighted by Gasteiger charge is 2.39. The van der Waals surface area contributed by atoms with Crippen LogP contribution in [0.1, 0.15) is 29.3 Å². The topological polar surface area (TPSA) is 89.3 Å². The molecule has 0 saturated carbocycles. The Balaban J connectivity index is 2.15. The van der Waals surface area contributed by atoms with E-state index >= 15 is 0 Å². The van der Waals surface area contributed by atoms with Crippen LogP contribution in [-0.4, -0.2) is 31.4 Å². The number of benzene rings is 1. The number of aryl methyl sites for hydroxylation is 1. The first-order chi connectivity index (χ1) is 8.71. The molecule has 1 amide bonds. The summed E-state index contributed by atoms with van der Waals surface area (Å²) >= 11 is 0. The highest BCUT2D eigenvalue weighted by molar-refractivity contribution is 7.91. The van der Waals surface area contributed by atoms with E-state index in [1.54, 1.807) is 25.1 Å². The van der Waals surface area contributed by atoms with Crippen LogP contribution in [-0.2, 0) is 9.84 Å². The van der Waals surface area contributed by atoms with Gasteiger partial charge in [-0.15, -0.1) is 0 Å². The van der Waals surface area contributed by atoms with Gasteiger partial charge in [0.05, 0.1) is 17.0 Å². The first-order valence-electron chi connectivity index (χ1n) is 6.10. The number of rotatable bonds is 2. The van der Waals surface area contributed by atoms with Crippen molar-refractivity contribution in [1.29, 1.82) is 0 Å². The van der Waals surface area contributed by atoms with Crippen molar-refractivity contribution in [1.82, 2.24) is 5.32 Å². The predicted molar refractivity (Wildman–Crippen MR) is 74.7 cm³/mol. The van der Waals surface area contributed by atoms with Crippen LogP contribution in [0, 0.1) is 6.92 Å². The molecule has 104 valence electrons. The van der Waals surface area contributed by atoms with Crippen LogP contribution in [0.5, 0.6) is 0 Å². The fourth-order valence-electron chi connectivity index (χ4n) is 2.24. The zero-order chi connectivity index (χ0) is 14.3. The average Bonchev–Trinajstić information content (AvgIpc) is 2.56. The molecule has 3 N–H and O–H groups in total. The molecule has 1 aromatic rings. The van der Waals surface area contributed by atoms with E-state index in [9.17, 15) is 13.2 Å². The zero-order valence-corrected chi connectivity index (χ0v) is 11.9. The fourth-order valence-corrected chi connectivity index (χ4v) is 4.33. The number of carbonyl (C=O) groups is 1. The van der Waals surface area contributed by atoms with Crippen LogP contribution in [0.2, 0.25) is 0 Å². The molecule has 1 fully saturated rings. The molecule has 1 aliphatic heterocycles. The molecule has 1 aromatic carbocycles. The van der Waals surface area contributed by atoms with Gasteiger partial charge in [0.25, 0.3) is 5.91 Å². The average molecular weight is 282 g/mol. The summed E-state index contributed by atoms with van der Waals surface area (Å²) in [6, 6.07) is 5.07. The normalized spacial score (nSPS) is 25.2. The number of hydrogen-bond acceptors (Lipinski definition) is 4. The maximum Gasteiger partial charge on any atom is 0.251 e. The Labute approximate surface area is 113 Å². The monoisotopic (exact) mass is 282 g/mol. The van der Waals surface area contributed by atoms with Crippen molar-refractivity contribution >= 4 is 21.4 Å². The highest BCUT2D eigenvalue weighted by atomic mass is 32.2. The van der Waals surface area contributed by atoms with E-state index < -0.39 is 15.4 Å². The molecule has 19 heavy (non-hydrogen) atoms. The third-order valence-electron chi connectivity index (χ3n) is 3.46. The van der Waals surface area contributed by atoms with Crippen molar-refractivity contribution in [2.45, 2.75) is 25.8 Å². The minimum atomic E-state index is -3.04. The molecule has 1 heterocycles. The summed E-state index contributed by atoms with van der Waals surface area (Å²) in [7, 11) is -3.04. The van der Waals surface area contributed by atoms with E-state index in [0.717, 1.165) is 5.56 Å². The SMILES string of the molecule is Cc1ccc(C(=O)NC2(C)CCS(=O)(=O)C2)cc1N. The maximum atomic E-state index is 12.1. The summed E-state index contributed by atoms with van der Waals surface area (Å²) in [6.07, 6.45) is 0.447. The van der Waals surface area contributed by atoms with E-state index in [4.69, 9.17) is 5.73 Å². The molecule has 2 rings (SSSR count). The largest absolute Gasteiger partial charge is 0.398 e. The smallest absolute Gasteiger partial charge is 0.251 e. The van der Waals surface area contributed by atoms with Gasteiger partial charge in [0.15, 0.2) is 9.84 Å². The quantitative estimate of drug-likeness (QED) is 0.788. The molecule has 1 unspecified atom stereocenters. The van der Waals surface area contributed by atoms with Crippen LogP contribution in [0.15, 0.2) is 18.2 Å². The molecule has 6 heteroatoms. The van der Waals surface area contributed by atoms with Crippen LogP contribution in [0.4, 0.5) is 5.69 Å². The van der Waals surface area contributed by atoms with Crippen LogP contribution in [0.25, 0.3) is 0 Å². The summed E-state index contributed by atoms with van der Waals surface area (Å²) in [4.78, 5) is 12.1. The standard InChI is InChI=1S/C13H18N2O3S/c1-9-3-4-10(7-11(9)14)12(16)15-13(2)5-6-19(17,18)8-13/h3-4,7H,5-6,8,14H2,1-2H3,(H,15,16). The minimum absolute atomic E-state index is 0.00686. The molecular formula is C13H18N2O3S. The van der Waals surface area contributed by atoms with Crippen molar-refractivity contribution in [2.75, 3.05) is 17.2 Å². The summed E-state index contributed by atoms with van der Waals surface area (Å²) in [5.41, 5.74) is 7.00. The number of nitrogen functional groups attached to an aromatic ring is 1. The number of carbonyl (C=O) groups excluding carboxylic acids is 1. The molecule has 5 nitrogen and oxygen atoms in total. The number of hydrogen-bond donors (Lipinski definition) is 2. The molecule has 1 saturated heterocycles. The molecule has 1 atom stereocenters. The van der Waals surface area contributed by atoms with Gasteiger partial charge in [-0.25, -0.2) is 8.42 Å². The van der Waals surface area contributed by atoms with Crippen molar-refractivity contribution in [3.05, 3.63) is 29.3 Å². The summed E-state index contributed by atoms with van der Waals surface area (Å²) in [5.74, 6) is -0.168. The van der Waals surface area contributed by atoms with E-state index in [1.165, 1.54) is 0 Å². The Morgan fingerprint density at radius 2 is 2.11 bits per heavy atom. The van der Waals surface area contributed by atoms with Gasteiger partial charge in [0, 0.05) is 11.3 Å². The number of anilines is 1. The lowest BCUT2D eigenvalue weighted by Gasteiger charge is -2.24. The number of sulfone groups is 1. The van der Waals surface area contributed by atoms with Gasteiger partial charge < -0.3 is 11.1 Å².